The van der Waals surface area contributed by atoms with Gasteiger partial charge in [-0.2, -0.15) is 0 Å². The largest absolute Gasteiger partial charge is 0.207 e. The molecule has 0 aliphatic rings. The average molecular weight is 364 g/mol. The Hall–Kier alpha value is -2.99. The summed E-state index contributed by atoms with van der Waals surface area (Å²) in [6.07, 6.45) is 3.19. The zero-order valence-corrected chi connectivity index (χ0v) is 15.0. The zero-order chi connectivity index (χ0) is 19.2. The van der Waals surface area contributed by atoms with E-state index < -0.39 is 11.6 Å². The number of hydrogen-bond acceptors (Lipinski definition) is 0. The topological polar surface area (TPSA) is 0 Å². The van der Waals surface area contributed by atoms with Crippen LogP contribution in [0.4, 0.5) is 13.2 Å². The van der Waals surface area contributed by atoms with Crippen molar-refractivity contribution in [1.29, 1.82) is 0 Å². The van der Waals surface area contributed by atoms with Crippen LogP contribution in [0, 0.1) is 29.3 Å². The molecule has 0 fully saturated rings. The smallest absolute Gasteiger partial charge is 0.175 e. The maximum atomic E-state index is 14.5. The van der Waals surface area contributed by atoms with E-state index in [2.05, 4.69) is 18.8 Å². The Morgan fingerprint density at radius 2 is 1.44 bits per heavy atom. The first-order chi connectivity index (χ1) is 13.1. The Labute approximate surface area is 157 Å². The third-order valence-corrected chi connectivity index (χ3v) is 4.35. The van der Waals surface area contributed by atoms with Crippen molar-refractivity contribution in [2.24, 2.45) is 0 Å². The van der Waals surface area contributed by atoms with Crippen LogP contribution in [0.1, 0.15) is 36.5 Å². The van der Waals surface area contributed by atoms with Crippen LogP contribution in [-0.4, -0.2) is 0 Å². The Balaban J connectivity index is 1.86. The molecule has 0 N–H and O–H groups in total. The van der Waals surface area contributed by atoms with Crippen LogP contribution in [0.3, 0.4) is 0 Å². The average Bonchev–Trinajstić information content (AvgIpc) is 2.69. The van der Waals surface area contributed by atoms with E-state index in [1.807, 2.05) is 24.3 Å². The van der Waals surface area contributed by atoms with Gasteiger partial charge in [0.15, 0.2) is 11.6 Å². The van der Waals surface area contributed by atoms with Crippen LogP contribution < -0.4 is 0 Å². The second kappa shape index (κ2) is 8.60. The van der Waals surface area contributed by atoms with Crippen LogP contribution >= 0.6 is 0 Å². The van der Waals surface area contributed by atoms with Gasteiger partial charge in [0.2, 0.25) is 0 Å². The Morgan fingerprint density at radius 3 is 2.11 bits per heavy atom. The number of rotatable bonds is 4. The van der Waals surface area contributed by atoms with Crippen molar-refractivity contribution < 1.29 is 13.2 Å². The molecular weight excluding hydrogens is 345 g/mol. The lowest BCUT2D eigenvalue weighted by atomic mass is 9.99. The quantitative estimate of drug-likeness (QED) is 0.463. The first-order valence-electron chi connectivity index (χ1n) is 8.93. The lowest BCUT2D eigenvalue weighted by Crippen LogP contribution is -1.94. The molecule has 0 bridgehead atoms. The van der Waals surface area contributed by atoms with E-state index in [1.165, 1.54) is 42.0 Å². The lowest BCUT2D eigenvalue weighted by Gasteiger charge is -2.07. The van der Waals surface area contributed by atoms with Gasteiger partial charge in [-0.1, -0.05) is 49.5 Å². The minimum atomic E-state index is -0.975. The van der Waals surface area contributed by atoms with Crippen LogP contribution in [0.15, 0.2) is 60.7 Å². The number of halogens is 3. The first kappa shape index (κ1) is 18.8. The van der Waals surface area contributed by atoms with E-state index in [0.717, 1.165) is 19.3 Å². The summed E-state index contributed by atoms with van der Waals surface area (Å²) < 4.78 is 41.9. The highest BCUT2D eigenvalue weighted by Crippen LogP contribution is 2.27. The van der Waals surface area contributed by atoms with Gasteiger partial charge in [0, 0.05) is 11.1 Å². The van der Waals surface area contributed by atoms with Crippen LogP contribution in [0.5, 0.6) is 0 Å². The van der Waals surface area contributed by atoms with Gasteiger partial charge in [-0.3, -0.25) is 0 Å². The summed E-state index contributed by atoms with van der Waals surface area (Å²) in [5, 5.41) is 0. The number of unbranched alkanes of at least 4 members (excludes halogenated alkanes) is 1. The Bertz CT molecular complexity index is 975. The molecule has 0 saturated heterocycles. The SMILES string of the molecule is CCCCc1ccc(-c2ccc(C#Cc3ccc(F)cc3)c(F)c2F)cc1. The van der Waals surface area contributed by atoms with Gasteiger partial charge >= 0.3 is 0 Å². The molecule has 0 spiro atoms. The van der Waals surface area contributed by atoms with E-state index in [9.17, 15) is 13.2 Å². The van der Waals surface area contributed by atoms with Crippen molar-refractivity contribution in [2.45, 2.75) is 26.2 Å². The molecule has 0 saturated carbocycles. The Morgan fingerprint density at radius 1 is 0.741 bits per heavy atom. The standard InChI is InChI=1S/C24H19F3/c1-2-3-4-17-5-10-19(11-6-17)22-16-13-20(23(26)24(22)27)12-7-18-8-14-21(25)15-9-18/h5-6,8-11,13-16H,2-4H2,1H3. The Kier molecular flexibility index (Phi) is 5.98. The summed E-state index contributed by atoms with van der Waals surface area (Å²) >= 11 is 0. The molecule has 0 aliphatic heterocycles. The lowest BCUT2D eigenvalue weighted by molar-refractivity contribution is 0.509. The molecule has 0 unspecified atom stereocenters. The molecule has 0 aliphatic carbocycles. The van der Waals surface area contributed by atoms with Crippen LogP contribution in [-0.2, 0) is 6.42 Å². The molecule has 3 aromatic rings. The van der Waals surface area contributed by atoms with Gasteiger partial charge in [-0.25, -0.2) is 13.2 Å². The van der Waals surface area contributed by atoms with E-state index in [0.29, 0.717) is 11.1 Å². The van der Waals surface area contributed by atoms with Gasteiger partial charge in [-0.05, 0) is 60.4 Å². The van der Waals surface area contributed by atoms with E-state index in [4.69, 9.17) is 0 Å². The summed E-state index contributed by atoms with van der Waals surface area (Å²) in [6, 6.07) is 16.1. The predicted octanol–water partition coefficient (Wildman–Crippen LogP) is 6.51. The third-order valence-electron chi connectivity index (χ3n) is 4.35. The third kappa shape index (κ3) is 4.60. The van der Waals surface area contributed by atoms with Crippen molar-refractivity contribution in [1.82, 2.24) is 0 Å². The van der Waals surface area contributed by atoms with E-state index >= 15 is 0 Å². The molecule has 27 heavy (non-hydrogen) atoms. The fraction of sp³-hybridized carbons (Fsp3) is 0.167. The predicted molar refractivity (Wildman–Crippen MR) is 103 cm³/mol. The highest BCUT2D eigenvalue weighted by molar-refractivity contribution is 5.66. The molecule has 3 rings (SSSR count). The van der Waals surface area contributed by atoms with Crippen molar-refractivity contribution in [3.63, 3.8) is 0 Å². The normalized spacial score (nSPS) is 10.4. The van der Waals surface area contributed by atoms with E-state index in [-0.39, 0.29) is 16.9 Å². The van der Waals surface area contributed by atoms with Crippen molar-refractivity contribution in [2.75, 3.05) is 0 Å². The summed E-state index contributed by atoms with van der Waals surface area (Å²) in [7, 11) is 0. The van der Waals surface area contributed by atoms with Gasteiger partial charge in [0.05, 0.1) is 5.56 Å². The first-order valence-corrected chi connectivity index (χ1v) is 8.93. The van der Waals surface area contributed by atoms with Crippen molar-refractivity contribution in [3.05, 3.63) is 94.8 Å². The highest BCUT2D eigenvalue weighted by Gasteiger charge is 2.13. The minimum absolute atomic E-state index is 0.0276. The fourth-order valence-corrected chi connectivity index (χ4v) is 2.77. The molecule has 0 amide bonds. The second-order valence-corrected chi connectivity index (χ2v) is 6.35. The molecule has 0 atom stereocenters. The van der Waals surface area contributed by atoms with Crippen LogP contribution in [0.2, 0.25) is 0 Å². The molecule has 0 aromatic heterocycles. The van der Waals surface area contributed by atoms with Crippen molar-refractivity contribution in [3.8, 4) is 23.0 Å². The molecule has 0 heterocycles. The molecule has 3 aromatic carbocycles. The monoisotopic (exact) mass is 364 g/mol. The summed E-state index contributed by atoms with van der Waals surface area (Å²) in [5.74, 6) is 3.07. The maximum absolute atomic E-state index is 14.5. The minimum Gasteiger partial charge on any atom is -0.207 e. The van der Waals surface area contributed by atoms with E-state index in [1.54, 1.807) is 0 Å². The van der Waals surface area contributed by atoms with Gasteiger partial charge < -0.3 is 0 Å². The molecule has 3 heteroatoms. The summed E-state index contributed by atoms with van der Waals surface area (Å²) in [6.45, 7) is 2.13. The van der Waals surface area contributed by atoms with Gasteiger partial charge in [0.1, 0.15) is 5.82 Å². The summed E-state index contributed by atoms with van der Waals surface area (Å²) in [5.41, 5.74) is 2.53. The maximum Gasteiger partial charge on any atom is 0.175 e. The molecule has 136 valence electrons. The van der Waals surface area contributed by atoms with Gasteiger partial charge in [-0.15, -0.1) is 0 Å². The van der Waals surface area contributed by atoms with Crippen molar-refractivity contribution >= 4 is 0 Å². The summed E-state index contributed by atoms with van der Waals surface area (Å²) in [4.78, 5) is 0. The highest BCUT2D eigenvalue weighted by atomic mass is 19.2. The number of aryl methyl sites for hydroxylation is 1. The van der Waals surface area contributed by atoms with Gasteiger partial charge in [0.25, 0.3) is 0 Å². The molecule has 0 nitrogen and oxygen atoms in total. The fourth-order valence-electron chi connectivity index (χ4n) is 2.77. The second-order valence-electron chi connectivity index (χ2n) is 6.35. The molecule has 0 radical (unpaired) electrons. The zero-order valence-electron chi connectivity index (χ0n) is 15.0. The molecular formula is C24H19F3. The number of benzene rings is 3. The van der Waals surface area contributed by atoms with Crippen LogP contribution in [0.25, 0.3) is 11.1 Å². The number of hydrogen-bond donors (Lipinski definition) is 0.